The summed E-state index contributed by atoms with van der Waals surface area (Å²) in [6.45, 7) is 2.04. The van der Waals surface area contributed by atoms with Gasteiger partial charge in [-0.05, 0) is 13.3 Å². The van der Waals surface area contributed by atoms with Gasteiger partial charge in [0.1, 0.15) is 5.82 Å². The van der Waals surface area contributed by atoms with Crippen LogP contribution in [0.1, 0.15) is 23.9 Å². The zero-order valence-corrected chi connectivity index (χ0v) is 9.79. The summed E-state index contributed by atoms with van der Waals surface area (Å²) in [5.74, 6) is -0.859. The van der Waals surface area contributed by atoms with Crippen molar-refractivity contribution in [1.29, 1.82) is 0 Å². The maximum atomic E-state index is 12.8. The van der Waals surface area contributed by atoms with Gasteiger partial charge in [-0.1, -0.05) is 0 Å². The van der Waals surface area contributed by atoms with Crippen LogP contribution in [0.2, 0.25) is 0 Å². The first-order valence-corrected chi connectivity index (χ1v) is 5.51. The third-order valence-electron chi connectivity index (χ3n) is 3.11. The molecule has 96 valence electrons. The summed E-state index contributed by atoms with van der Waals surface area (Å²) in [5.41, 5.74) is 0.754. The van der Waals surface area contributed by atoms with E-state index in [-0.39, 0.29) is 25.5 Å². The van der Waals surface area contributed by atoms with Gasteiger partial charge in [-0.3, -0.25) is 0 Å². The number of nitrogens with zero attached hydrogens (tertiary/aromatic N) is 2. The molecule has 0 fully saturated rings. The molecule has 3 nitrogen and oxygen atoms in total. The third-order valence-corrected chi connectivity index (χ3v) is 3.11. The lowest BCUT2D eigenvalue weighted by molar-refractivity contribution is -0.184. The minimum atomic E-state index is -4.15. The fourth-order valence-corrected chi connectivity index (χ4v) is 2.38. The number of aromatic nitrogens is 2. The van der Waals surface area contributed by atoms with Gasteiger partial charge in [0, 0.05) is 25.8 Å². The number of aryl methyl sites for hydroxylation is 1. The Balaban J connectivity index is 2.29. The molecule has 1 aromatic heterocycles. The van der Waals surface area contributed by atoms with Crippen LogP contribution < -0.4 is 0 Å². The van der Waals surface area contributed by atoms with E-state index in [9.17, 15) is 13.2 Å². The number of ether oxygens (including phenoxy) is 1. The maximum absolute atomic E-state index is 12.8. The van der Waals surface area contributed by atoms with Crippen LogP contribution in [0.3, 0.4) is 0 Å². The van der Waals surface area contributed by atoms with Gasteiger partial charge in [-0.25, -0.2) is 4.98 Å². The molecule has 1 aliphatic heterocycles. The molecule has 0 saturated heterocycles. The van der Waals surface area contributed by atoms with E-state index in [0.29, 0.717) is 5.82 Å². The van der Waals surface area contributed by atoms with Crippen molar-refractivity contribution >= 4 is 0 Å². The minimum Gasteiger partial charge on any atom is -0.384 e. The molecule has 2 heterocycles. The molecule has 0 amide bonds. The summed E-state index contributed by atoms with van der Waals surface area (Å²) in [6.07, 6.45) is -2.41. The molecule has 2 atom stereocenters. The average molecular weight is 248 g/mol. The molecular formula is C11H15F3N2O. The van der Waals surface area contributed by atoms with Gasteiger partial charge in [-0.15, -0.1) is 0 Å². The molecule has 6 heteroatoms. The second kappa shape index (κ2) is 4.33. The molecule has 0 bridgehead atoms. The maximum Gasteiger partial charge on any atom is 0.393 e. The number of imidazole rings is 1. The highest BCUT2D eigenvalue weighted by molar-refractivity contribution is 5.10. The van der Waals surface area contributed by atoms with Crippen LogP contribution in [0.25, 0.3) is 0 Å². The number of alkyl halides is 3. The van der Waals surface area contributed by atoms with Crippen LogP contribution in [0.4, 0.5) is 13.2 Å². The molecule has 1 aliphatic rings. The summed E-state index contributed by atoms with van der Waals surface area (Å²) in [4.78, 5) is 4.28. The van der Waals surface area contributed by atoms with Crippen LogP contribution in [0.15, 0.2) is 6.20 Å². The van der Waals surface area contributed by atoms with E-state index in [2.05, 4.69) is 4.98 Å². The molecule has 0 radical (unpaired) electrons. The Bertz CT molecular complexity index is 400. The van der Waals surface area contributed by atoms with Crippen molar-refractivity contribution in [3.8, 4) is 0 Å². The highest BCUT2D eigenvalue weighted by atomic mass is 19.4. The van der Waals surface area contributed by atoms with Crippen molar-refractivity contribution in [1.82, 2.24) is 9.55 Å². The van der Waals surface area contributed by atoms with Crippen molar-refractivity contribution in [2.75, 3.05) is 13.7 Å². The Morgan fingerprint density at radius 2 is 2.24 bits per heavy atom. The summed E-state index contributed by atoms with van der Waals surface area (Å²) in [6, 6.07) is 0. The lowest BCUT2D eigenvalue weighted by Gasteiger charge is -2.31. The molecule has 2 unspecified atom stereocenters. The monoisotopic (exact) mass is 248 g/mol. The van der Waals surface area contributed by atoms with E-state index < -0.39 is 12.1 Å². The first-order valence-electron chi connectivity index (χ1n) is 5.51. The second-order valence-corrected chi connectivity index (χ2v) is 4.52. The van der Waals surface area contributed by atoms with E-state index in [1.54, 1.807) is 17.7 Å². The fraction of sp³-hybridized carbons (Fsp3) is 0.727. The van der Waals surface area contributed by atoms with Gasteiger partial charge in [0.25, 0.3) is 0 Å². The van der Waals surface area contributed by atoms with Crippen molar-refractivity contribution in [2.24, 2.45) is 5.92 Å². The highest BCUT2D eigenvalue weighted by Gasteiger charge is 2.44. The van der Waals surface area contributed by atoms with E-state index in [1.165, 1.54) is 7.11 Å². The number of halogens is 3. The molecule has 0 N–H and O–H groups in total. The Morgan fingerprint density at radius 1 is 1.53 bits per heavy atom. The second-order valence-electron chi connectivity index (χ2n) is 4.52. The van der Waals surface area contributed by atoms with Gasteiger partial charge in [-0.2, -0.15) is 13.2 Å². The van der Waals surface area contributed by atoms with E-state index in [1.807, 2.05) is 0 Å². The first kappa shape index (κ1) is 12.4. The van der Waals surface area contributed by atoms with Crippen LogP contribution in [-0.2, 0) is 11.3 Å². The van der Waals surface area contributed by atoms with Gasteiger partial charge < -0.3 is 9.30 Å². The Labute approximate surface area is 97.6 Å². The lowest BCUT2D eigenvalue weighted by atomic mass is 9.90. The molecule has 0 aromatic carbocycles. The predicted octanol–water partition coefficient (Wildman–Crippen LogP) is 2.50. The summed E-state index contributed by atoms with van der Waals surface area (Å²) in [5, 5.41) is 0. The Kier molecular flexibility index (Phi) is 3.16. The number of methoxy groups -OCH3 is 1. The van der Waals surface area contributed by atoms with E-state index >= 15 is 0 Å². The quantitative estimate of drug-likeness (QED) is 0.804. The van der Waals surface area contributed by atoms with Crippen molar-refractivity contribution < 1.29 is 17.9 Å². The van der Waals surface area contributed by atoms with Gasteiger partial charge in [0.15, 0.2) is 0 Å². The van der Waals surface area contributed by atoms with Gasteiger partial charge in [0.2, 0.25) is 0 Å². The van der Waals surface area contributed by atoms with Crippen LogP contribution in [-0.4, -0.2) is 29.4 Å². The zero-order valence-electron chi connectivity index (χ0n) is 9.79. The Morgan fingerprint density at radius 3 is 2.82 bits per heavy atom. The van der Waals surface area contributed by atoms with Crippen molar-refractivity contribution in [2.45, 2.75) is 32.0 Å². The molecule has 0 saturated carbocycles. The normalized spacial score (nSPS) is 24.8. The van der Waals surface area contributed by atoms with Crippen molar-refractivity contribution in [3.05, 3.63) is 17.7 Å². The molecule has 1 aromatic rings. The number of hydrogen-bond acceptors (Lipinski definition) is 2. The highest BCUT2D eigenvalue weighted by Crippen LogP contribution is 2.39. The summed E-state index contributed by atoms with van der Waals surface area (Å²) >= 11 is 0. The predicted molar refractivity (Wildman–Crippen MR) is 55.7 cm³/mol. The van der Waals surface area contributed by atoms with Crippen LogP contribution >= 0.6 is 0 Å². The third kappa shape index (κ3) is 2.46. The number of hydrogen-bond donors (Lipinski definition) is 0. The number of fused-ring (bicyclic) bond motifs is 1. The molecule has 0 aliphatic carbocycles. The standard InChI is InChI=1S/C11H15F3N2O/c1-7-4-16-5-9(11(12,13)14)3-8(6-17-2)10(16)15-7/h4,8-9H,3,5-6H2,1-2H3. The van der Waals surface area contributed by atoms with E-state index in [4.69, 9.17) is 4.74 Å². The summed E-state index contributed by atoms with van der Waals surface area (Å²) in [7, 11) is 1.50. The average Bonchev–Trinajstić information content (AvgIpc) is 2.57. The first-order chi connectivity index (χ1) is 7.91. The largest absolute Gasteiger partial charge is 0.393 e. The van der Waals surface area contributed by atoms with E-state index in [0.717, 1.165) is 5.69 Å². The van der Waals surface area contributed by atoms with Crippen LogP contribution in [0.5, 0.6) is 0 Å². The molecule has 2 rings (SSSR count). The number of rotatable bonds is 2. The van der Waals surface area contributed by atoms with Gasteiger partial charge >= 0.3 is 6.18 Å². The lowest BCUT2D eigenvalue weighted by Crippen LogP contribution is -2.35. The smallest absolute Gasteiger partial charge is 0.384 e. The molecular weight excluding hydrogens is 233 g/mol. The van der Waals surface area contributed by atoms with Crippen molar-refractivity contribution in [3.63, 3.8) is 0 Å². The minimum absolute atomic E-state index is 0.0279. The molecule has 0 spiro atoms. The van der Waals surface area contributed by atoms with Crippen LogP contribution in [0, 0.1) is 12.8 Å². The SMILES string of the molecule is COCC1CC(C(F)(F)F)Cn2cc(C)nc21. The Hall–Kier alpha value is -1.04. The molecule has 17 heavy (non-hydrogen) atoms. The zero-order chi connectivity index (χ0) is 12.6. The fourth-order valence-electron chi connectivity index (χ4n) is 2.38. The van der Waals surface area contributed by atoms with Gasteiger partial charge in [0.05, 0.1) is 18.2 Å². The summed E-state index contributed by atoms with van der Waals surface area (Å²) < 4.78 is 44.9. The topological polar surface area (TPSA) is 27.1 Å².